The second kappa shape index (κ2) is 14.6. The highest BCUT2D eigenvalue weighted by molar-refractivity contribution is 5.89. The van der Waals surface area contributed by atoms with Crippen LogP contribution in [0.1, 0.15) is 56.6 Å². The number of nitrogens with one attached hydrogen (secondary N) is 1. The van der Waals surface area contributed by atoms with Gasteiger partial charge in [-0.05, 0) is 42.2 Å². The molecule has 0 spiro atoms. The third-order valence-electron chi connectivity index (χ3n) is 5.99. The van der Waals surface area contributed by atoms with Crippen molar-refractivity contribution in [3.05, 3.63) is 71.9 Å². The van der Waals surface area contributed by atoms with Gasteiger partial charge < -0.3 is 15.2 Å². The molecular formula is C29H36N4O4. The van der Waals surface area contributed by atoms with Crippen LogP contribution in [0, 0.1) is 0 Å². The summed E-state index contributed by atoms with van der Waals surface area (Å²) in [6, 6.07) is 16.9. The van der Waals surface area contributed by atoms with Crippen molar-refractivity contribution in [1.82, 2.24) is 15.3 Å². The Morgan fingerprint density at radius 3 is 2.54 bits per heavy atom. The molecule has 3 aromatic rings. The van der Waals surface area contributed by atoms with Gasteiger partial charge in [-0.2, -0.15) is 0 Å². The number of hydrogen-bond donors (Lipinski definition) is 2. The monoisotopic (exact) mass is 504 g/mol. The molecule has 0 aliphatic carbocycles. The number of aliphatic carboxylic acids is 1. The van der Waals surface area contributed by atoms with Gasteiger partial charge in [0, 0.05) is 31.8 Å². The Hall–Kier alpha value is -3.94. The Labute approximate surface area is 218 Å². The van der Waals surface area contributed by atoms with Crippen LogP contribution < -0.4 is 15.0 Å². The SMILES string of the molecule is CCCCCCCNC(=O)N(C)c1nccc(-c2ccc(CCC(=O)O)cc2OCc2ccccc2)n1. The molecule has 2 aromatic carbocycles. The first-order chi connectivity index (χ1) is 18.0. The minimum atomic E-state index is -0.849. The first-order valence-electron chi connectivity index (χ1n) is 12.8. The van der Waals surface area contributed by atoms with Crippen molar-refractivity contribution in [3.8, 4) is 17.0 Å². The molecule has 2 N–H and O–H groups in total. The number of carboxylic acids is 1. The average Bonchev–Trinajstić information content (AvgIpc) is 2.92. The van der Waals surface area contributed by atoms with E-state index in [1.807, 2.05) is 48.5 Å². The van der Waals surface area contributed by atoms with Crippen molar-refractivity contribution < 1.29 is 19.4 Å². The highest BCUT2D eigenvalue weighted by atomic mass is 16.5. The number of aromatic nitrogens is 2. The highest BCUT2D eigenvalue weighted by Crippen LogP contribution is 2.31. The summed E-state index contributed by atoms with van der Waals surface area (Å²) in [5, 5.41) is 12.0. The fraction of sp³-hybridized carbons (Fsp3) is 0.379. The zero-order valence-electron chi connectivity index (χ0n) is 21.7. The van der Waals surface area contributed by atoms with Gasteiger partial charge in [-0.25, -0.2) is 14.8 Å². The minimum absolute atomic E-state index is 0.0354. The van der Waals surface area contributed by atoms with Crippen LogP contribution in [0.3, 0.4) is 0 Å². The van der Waals surface area contributed by atoms with E-state index in [0.29, 0.717) is 31.0 Å². The molecule has 1 heterocycles. The molecule has 0 aliphatic rings. The number of unbranched alkanes of at least 4 members (excludes halogenated alkanes) is 4. The molecular weight excluding hydrogens is 468 g/mol. The van der Waals surface area contributed by atoms with Gasteiger partial charge in [-0.1, -0.05) is 69.0 Å². The van der Waals surface area contributed by atoms with Crippen molar-refractivity contribution in [2.24, 2.45) is 0 Å². The molecule has 0 aliphatic heterocycles. The lowest BCUT2D eigenvalue weighted by Crippen LogP contribution is -2.38. The Morgan fingerprint density at radius 1 is 1.00 bits per heavy atom. The van der Waals surface area contributed by atoms with E-state index in [1.54, 1.807) is 19.3 Å². The van der Waals surface area contributed by atoms with E-state index in [9.17, 15) is 9.59 Å². The van der Waals surface area contributed by atoms with E-state index in [4.69, 9.17) is 9.84 Å². The number of amides is 2. The number of benzene rings is 2. The molecule has 2 amide bonds. The maximum absolute atomic E-state index is 12.6. The van der Waals surface area contributed by atoms with Crippen LogP contribution in [-0.4, -0.2) is 40.7 Å². The van der Waals surface area contributed by atoms with Crippen LogP contribution in [0.5, 0.6) is 5.75 Å². The van der Waals surface area contributed by atoms with E-state index in [0.717, 1.165) is 29.5 Å². The molecule has 0 saturated carbocycles. The quantitative estimate of drug-likeness (QED) is 0.267. The van der Waals surface area contributed by atoms with Crippen LogP contribution in [0.2, 0.25) is 0 Å². The number of carbonyl (C=O) groups is 2. The third kappa shape index (κ3) is 8.90. The second-order valence-corrected chi connectivity index (χ2v) is 8.95. The number of hydrogen-bond acceptors (Lipinski definition) is 5. The molecule has 3 rings (SSSR count). The van der Waals surface area contributed by atoms with Gasteiger partial charge in [-0.3, -0.25) is 9.69 Å². The molecule has 0 unspecified atom stereocenters. The van der Waals surface area contributed by atoms with Gasteiger partial charge >= 0.3 is 12.0 Å². The Balaban J connectivity index is 1.76. The molecule has 0 radical (unpaired) electrons. The first kappa shape index (κ1) is 27.6. The number of ether oxygens (including phenoxy) is 1. The summed E-state index contributed by atoms with van der Waals surface area (Å²) < 4.78 is 6.17. The van der Waals surface area contributed by atoms with Gasteiger partial charge in [0.2, 0.25) is 5.95 Å². The number of aryl methyl sites for hydroxylation is 1. The first-order valence-corrected chi connectivity index (χ1v) is 12.8. The fourth-order valence-electron chi connectivity index (χ4n) is 3.83. The summed E-state index contributed by atoms with van der Waals surface area (Å²) in [7, 11) is 1.65. The van der Waals surface area contributed by atoms with Crippen LogP contribution in [0.25, 0.3) is 11.3 Å². The number of carboxylic acid groups (broad SMARTS) is 1. The smallest absolute Gasteiger partial charge is 0.324 e. The standard InChI is InChI=1S/C29H36N4O4/c1-3-4-5-6-10-18-31-29(36)33(2)28-30-19-17-25(32-28)24-15-13-22(14-16-27(34)35)20-26(24)37-21-23-11-8-7-9-12-23/h7-9,11-13,15,17,19-20H,3-6,10,14,16,18,21H2,1-2H3,(H,31,36)(H,34,35). The predicted molar refractivity (Wildman–Crippen MR) is 145 cm³/mol. The molecule has 8 heteroatoms. The van der Waals surface area contributed by atoms with Crippen molar-refractivity contribution in [2.45, 2.75) is 58.5 Å². The zero-order valence-corrected chi connectivity index (χ0v) is 21.7. The van der Waals surface area contributed by atoms with Crippen LogP contribution in [0.4, 0.5) is 10.7 Å². The van der Waals surface area contributed by atoms with Crippen molar-refractivity contribution >= 4 is 17.9 Å². The number of urea groups is 1. The molecule has 0 fully saturated rings. The molecule has 8 nitrogen and oxygen atoms in total. The Kier molecular flexibility index (Phi) is 10.9. The molecule has 196 valence electrons. The average molecular weight is 505 g/mol. The van der Waals surface area contributed by atoms with Gasteiger partial charge in [0.15, 0.2) is 0 Å². The Morgan fingerprint density at radius 2 is 1.78 bits per heavy atom. The summed E-state index contributed by atoms with van der Waals surface area (Å²) in [5.41, 5.74) is 3.22. The minimum Gasteiger partial charge on any atom is -0.488 e. The lowest BCUT2D eigenvalue weighted by molar-refractivity contribution is -0.136. The van der Waals surface area contributed by atoms with Crippen molar-refractivity contribution in [2.75, 3.05) is 18.5 Å². The van der Waals surface area contributed by atoms with E-state index in [2.05, 4.69) is 22.2 Å². The summed E-state index contributed by atoms with van der Waals surface area (Å²) in [5.74, 6) is 0.0269. The summed E-state index contributed by atoms with van der Waals surface area (Å²) in [6.45, 7) is 3.15. The van der Waals surface area contributed by atoms with E-state index in [1.165, 1.54) is 24.2 Å². The molecule has 0 saturated heterocycles. The maximum Gasteiger partial charge on any atom is 0.324 e. The van der Waals surface area contributed by atoms with Crippen LogP contribution >= 0.6 is 0 Å². The molecule has 0 bridgehead atoms. The second-order valence-electron chi connectivity index (χ2n) is 8.95. The lowest BCUT2D eigenvalue weighted by atomic mass is 10.0. The Bertz CT molecular complexity index is 1150. The molecule has 1 aromatic heterocycles. The van der Waals surface area contributed by atoms with Crippen LogP contribution in [-0.2, 0) is 17.8 Å². The number of carbonyl (C=O) groups excluding carboxylic acids is 1. The summed E-state index contributed by atoms with van der Waals surface area (Å²) >= 11 is 0. The van der Waals surface area contributed by atoms with Gasteiger partial charge in [-0.15, -0.1) is 0 Å². The maximum atomic E-state index is 12.6. The summed E-state index contributed by atoms with van der Waals surface area (Å²) in [6.07, 6.45) is 7.66. The number of rotatable bonds is 14. The number of anilines is 1. The van der Waals surface area contributed by atoms with Gasteiger partial charge in [0.05, 0.1) is 5.69 Å². The van der Waals surface area contributed by atoms with E-state index in [-0.39, 0.29) is 18.4 Å². The largest absolute Gasteiger partial charge is 0.488 e. The topological polar surface area (TPSA) is 105 Å². The van der Waals surface area contributed by atoms with Crippen molar-refractivity contribution in [1.29, 1.82) is 0 Å². The van der Waals surface area contributed by atoms with Gasteiger partial charge in [0.1, 0.15) is 12.4 Å². The summed E-state index contributed by atoms with van der Waals surface area (Å²) in [4.78, 5) is 34.0. The zero-order chi connectivity index (χ0) is 26.5. The van der Waals surface area contributed by atoms with E-state index < -0.39 is 5.97 Å². The predicted octanol–water partition coefficient (Wildman–Crippen LogP) is 5.86. The third-order valence-corrected chi connectivity index (χ3v) is 5.99. The number of nitrogens with zero attached hydrogens (tertiary/aromatic N) is 3. The van der Waals surface area contributed by atoms with E-state index >= 15 is 0 Å². The molecule has 0 atom stereocenters. The highest BCUT2D eigenvalue weighted by Gasteiger charge is 2.16. The fourth-order valence-corrected chi connectivity index (χ4v) is 3.83. The van der Waals surface area contributed by atoms with Gasteiger partial charge in [0.25, 0.3) is 0 Å². The lowest BCUT2D eigenvalue weighted by Gasteiger charge is -2.18. The normalized spacial score (nSPS) is 10.6. The molecule has 37 heavy (non-hydrogen) atoms. The van der Waals surface area contributed by atoms with Crippen LogP contribution in [0.15, 0.2) is 60.8 Å². The van der Waals surface area contributed by atoms with Crippen molar-refractivity contribution in [3.63, 3.8) is 0 Å².